The maximum atomic E-state index is 12.5. The lowest BCUT2D eigenvalue weighted by Gasteiger charge is -2.11. The van der Waals surface area contributed by atoms with Crippen molar-refractivity contribution in [2.75, 3.05) is 10.6 Å². The van der Waals surface area contributed by atoms with E-state index in [4.69, 9.17) is 11.6 Å². The minimum Gasteiger partial charge on any atom is -0.340 e. The zero-order valence-electron chi connectivity index (χ0n) is 16.3. The second kappa shape index (κ2) is 8.76. The highest BCUT2D eigenvalue weighted by molar-refractivity contribution is 6.34. The van der Waals surface area contributed by atoms with Crippen LogP contribution in [0.5, 0.6) is 0 Å². The highest BCUT2D eigenvalue weighted by Gasteiger charge is 2.10. The van der Waals surface area contributed by atoms with Crippen LogP contribution in [0.15, 0.2) is 84.9 Å². The number of hydrogen-bond acceptors (Lipinski definition) is 4. The van der Waals surface area contributed by atoms with Crippen LogP contribution >= 0.6 is 11.6 Å². The van der Waals surface area contributed by atoms with Crippen molar-refractivity contribution in [2.24, 2.45) is 0 Å². The molecule has 148 valence electrons. The number of amides is 1. The van der Waals surface area contributed by atoms with Crippen molar-refractivity contribution >= 4 is 34.7 Å². The number of aromatic nitrogens is 2. The summed E-state index contributed by atoms with van der Waals surface area (Å²) in [5.74, 6) is 1.08. The Hall–Kier alpha value is -3.70. The number of nitrogens with zero attached hydrogens (tertiary/aromatic N) is 2. The van der Waals surface area contributed by atoms with Gasteiger partial charge in [-0.2, -0.15) is 0 Å². The fourth-order valence-corrected chi connectivity index (χ4v) is 3.28. The summed E-state index contributed by atoms with van der Waals surface area (Å²) in [7, 11) is 0. The Kier molecular flexibility index (Phi) is 5.72. The molecule has 1 amide bonds. The van der Waals surface area contributed by atoms with E-state index in [1.165, 1.54) is 0 Å². The Balaban J connectivity index is 1.54. The smallest absolute Gasteiger partial charge is 0.257 e. The number of anilines is 3. The number of carbonyl (C=O) groups is 1. The topological polar surface area (TPSA) is 66.9 Å². The van der Waals surface area contributed by atoms with E-state index in [2.05, 4.69) is 20.6 Å². The Bertz CT molecular complexity index is 1190. The van der Waals surface area contributed by atoms with Crippen LogP contribution in [-0.2, 0) is 0 Å². The van der Waals surface area contributed by atoms with E-state index in [0.29, 0.717) is 27.9 Å². The Morgan fingerprint density at radius 2 is 1.57 bits per heavy atom. The molecule has 0 aliphatic heterocycles. The standard InChI is InChI=1S/C24H19ClN4O/c1-16-26-22(17-8-3-2-4-9-17)15-23(27-16)28-18-10-7-11-19(14-18)29-24(30)20-12-5-6-13-21(20)25/h2-15H,1H3,(H,29,30)(H,26,27,28). The molecule has 0 atom stereocenters. The number of hydrogen-bond donors (Lipinski definition) is 2. The number of aryl methyl sites for hydroxylation is 1. The van der Waals surface area contributed by atoms with Crippen LogP contribution in [0.25, 0.3) is 11.3 Å². The molecule has 1 heterocycles. The van der Waals surface area contributed by atoms with Gasteiger partial charge in [-0.15, -0.1) is 0 Å². The molecule has 4 aromatic rings. The first-order valence-electron chi connectivity index (χ1n) is 9.42. The van der Waals surface area contributed by atoms with Crippen LogP contribution in [0.2, 0.25) is 5.02 Å². The van der Waals surface area contributed by atoms with E-state index in [1.54, 1.807) is 24.3 Å². The molecule has 6 heteroatoms. The molecule has 0 aliphatic rings. The molecule has 0 saturated heterocycles. The second-order valence-electron chi connectivity index (χ2n) is 6.69. The highest BCUT2D eigenvalue weighted by Crippen LogP contribution is 2.24. The number of halogens is 1. The first-order chi connectivity index (χ1) is 14.6. The zero-order chi connectivity index (χ0) is 20.9. The van der Waals surface area contributed by atoms with Gasteiger partial charge in [0.05, 0.1) is 16.3 Å². The summed E-state index contributed by atoms with van der Waals surface area (Å²) >= 11 is 6.12. The predicted molar refractivity (Wildman–Crippen MR) is 121 cm³/mol. The minimum absolute atomic E-state index is 0.262. The van der Waals surface area contributed by atoms with Crippen LogP contribution in [-0.4, -0.2) is 15.9 Å². The quantitative estimate of drug-likeness (QED) is 0.414. The van der Waals surface area contributed by atoms with Gasteiger partial charge < -0.3 is 10.6 Å². The van der Waals surface area contributed by atoms with E-state index in [1.807, 2.05) is 67.6 Å². The molecule has 0 fully saturated rings. The summed E-state index contributed by atoms with van der Waals surface area (Å²) in [5, 5.41) is 6.58. The molecule has 0 saturated carbocycles. The van der Waals surface area contributed by atoms with Gasteiger partial charge in [-0.05, 0) is 37.3 Å². The molecule has 0 spiro atoms. The van der Waals surface area contributed by atoms with Crippen LogP contribution in [0, 0.1) is 6.92 Å². The molecule has 0 bridgehead atoms. The summed E-state index contributed by atoms with van der Waals surface area (Å²) in [5.41, 5.74) is 3.74. The SMILES string of the molecule is Cc1nc(Nc2cccc(NC(=O)c3ccccc3Cl)c2)cc(-c2ccccc2)n1. The summed E-state index contributed by atoms with van der Waals surface area (Å²) in [6.07, 6.45) is 0. The molecule has 4 rings (SSSR count). The van der Waals surface area contributed by atoms with Crippen LogP contribution in [0.4, 0.5) is 17.2 Å². The van der Waals surface area contributed by atoms with Crippen molar-refractivity contribution in [3.63, 3.8) is 0 Å². The third-order valence-electron chi connectivity index (χ3n) is 4.42. The first kappa shape index (κ1) is 19.6. The predicted octanol–water partition coefficient (Wildman–Crippen LogP) is 6.10. The van der Waals surface area contributed by atoms with Gasteiger partial charge in [-0.3, -0.25) is 4.79 Å². The van der Waals surface area contributed by atoms with Crippen molar-refractivity contribution in [3.05, 3.63) is 101 Å². The molecule has 2 N–H and O–H groups in total. The van der Waals surface area contributed by atoms with Gasteiger partial charge in [-0.25, -0.2) is 9.97 Å². The molecule has 30 heavy (non-hydrogen) atoms. The van der Waals surface area contributed by atoms with E-state index in [0.717, 1.165) is 16.9 Å². The normalized spacial score (nSPS) is 10.5. The lowest BCUT2D eigenvalue weighted by atomic mass is 10.1. The third kappa shape index (κ3) is 4.64. The molecule has 3 aromatic carbocycles. The lowest BCUT2D eigenvalue weighted by Crippen LogP contribution is -2.12. The molecular formula is C24H19ClN4O. The van der Waals surface area contributed by atoms with E-state index >= 15 is 0 Å². The van der Waals surface area contributed by atoms with Crippen molar-refractivity contribution in [2.45, 2.75) is 6.92 Å². The Morgan fingerprint density at radius 3 is 2.37 bits per heavy atom. The van der Waals surface area contributed by atoms with Gasteiger partial charge in [0.1, 0.15) is 11.6 Å². The molecular weight excluding hydrogens is 396 g/mol. The number of carbonyl (C=O) groups excluding carboxylic acids is 1. The van der Waals surface area contributed by atoms with Gasteiger partial charge in [0.25, 0.3) is 5.91 Å². The highest BCUT2D eigenvalue weighted by atomic mass is 35.5. The largest absolute Gasteiger partial charge is 0.340 e. The van der Waals surface area contributed by atoms with Crippen molar-refractivity contribution in [3.8, 4) is 11.3 Å². The minimum atomic E-state index is -0.262. The summed E-state index contributed by atoms with van der Waals surface area (Å²) in [6.45, 7) is 1.86. The average Bonchev–Trinajstić information content (AvgIpc) is 2.74. The van der Waals surface area contributed by atoms with Gasteiger partial charge in [0.2, 0.25) is 0 Å². The summed E-state index contributed by atoms with van der Waals surface area (Å²) in [4.78, 5) is 21.5. The molecule has 5 nitrogen and oxygen atoms in total. The van der Waals surface area contributed by atoms with Crippen molar-refractivity contribution in [1.82, 2.24) is 9.97 Å². The van der Waals surface area contributed by atoms with Gasteiger partial charge in [0.15, 0.2) is 0 Å². The molecule has 0 radical (unpaired) electrons. The van der Waals surface area contributed by atoms with Crippen LogP contribution in [0.1, 0.15) is 16.2 Å². The van der Waals surface area contributed by atoms with Gasteiger partial charge in [-0.1, -0.05) is 60.1 Å². The molecule has 0 aliphatic carbocycles. The van der Waals surface area contributed by atoms with E-state index < -0.39 is 0 Å². The van der Waals surface area contributed by atoms with Crippen LogP contribution < -0.4 is 10.6 Å². The van der Waals surface area contributed by atoms with E-state index in [9.17, 15) is 4.79 Å². The van der Waals surface area contributed by atoms with Crippen molar-refractivity contribution in [1.29, 1.82) is 0 Å². The fraction of sp³-hybridized carbons (Fsp3) is 0.0417. The maximum absolute atomic E-state index is 12.5. The molecule has 0 unspecified atom stereocenters. The van der Waals surface area contributed by atoms with Crippen LogP contribution in [0.3, 0.4) is 0 Å². The third-order valence-corrected chi connectivity index (χ3v) is 4.75. The average molecular weight is 415 g/mol. The monoisotopic (exact) mass is 414 g/mol. The first-order valence-corrected chi connectivity index (χ1v) is 9.80. The lowest BCUT2D eigenvalue weighted by molar-refractivity contribution is 0.102. The summed E-state index contributed by atoms with van der Waals surface area (Å²) < 4.78 is 0. The molecule has 1 aromatic heterocycles. The maximum Gasteiger partial charge on any atom is 0.257 e. The second-order valence-corrected chi connectivity index (χ2v) is 7.10. The van der Waals surface area contributed by atoms with Gasteiger partial charge >= 0.3 is 0 Å². The number of nitrogens with one attached hydrogen (secondary N) is 2. The van der Waals surface area contributed by atoms with E-state index in [-0.39, 0.29) is 5.91 Å². The van der Waals surface area contributed by atoms with Crippen molar-refractivity contribution < 1.29 is 4.79 Å². The summed E-state index contributed by atoms with van der Waals surface area (Å²) in [6, 6.07) is 26.2. The van der Waals surface area contributed by atoms with Gasteiger partial charge in [0, 0.05) is 23.0 Å². The number of benzene rings is 3. The number of rotatable bonds is 5. The Labute approximate surface area is 179 Å². The fourth-order valence-electron chi connectivity index (χ4n) is 3.05. The Morgan fingerprint density at radius 1 is 0.833 bits per heavy atom. The zero-order valence-corrected chi connectivity index (χ0v) is 17.0.